The van der Waals surface area contributed by atoms with E-state index in [9.17, 15) is 14.3 Å². The maximum atomic E-state index is 14.1. The Morgan fingerprint density at radius 1 is 1.31 bits per heavy atom. The van der Waals surface area contributed by atoms with Crippen molar-refractivity contribution in [3.05, 3.63) is 64.1 Å². The van der Waals surface area contributed by atoms with E-state index in [0.717, 1.165) is 22.9 Å². The second kappa shape index (κ2) is 10.8. The van der Waals surface area contributed by atoms with E-state index in [4.69, 9.17) is 16.3 Å². The molecule has 2 aromatic rings. The molecular weight excluding hydrogens is 437 g/mol. The fourth-order valence-corrected chi connectivity index (χ4v) is 3.13. The van der Waals surface area contributed by atoms with Crippen LogP contribution in [0.15, 0.2) is 47.2 Å². The lowest BCUT2D eigenvalue weighted by molar-refractivity contribution is 0.0697. The largest absolute Gasteiger partial charge is 0.478 e. The molecule has 1 fully saturated rings. The van der Waals surface area contributed by atoms with Crippen molar-refractivity contribution in [3.63, 3.8) is 0 Å². The van der Waals surface area contributed by atoms with E-state index in [2.05, 4.69) is 20.5 Å². The first-order valence-electron chi connectivity index (χ1n) is 9.88. The van der Waals surface area contributed by atoms with Crippen LogP contribution in [0.25, 0.3) is 5.57 Å². The second-order valence-corrected chi connectivity index (χ2v) is 7.50. The quantitative estimate of drug-likeness (QED) is 0.362. The van der Waals surface area contributed by atoms with Gasteiger partial charge < -0.3 is 14.7 Å². The maximum Gasteiger partial charge on any atom is 0.337 e. The van der Waals surface area contributed by atoms with Crippen LogP contribution < -0.4 is 10.3 Å². The number of nitrogens with zero attached hydrogens (tertiary/aromatic N) is 4. The van der Waals surface area contributed by atoms with Crippen molar-refractivity contribution < 1.29 is 19.0 Å². The van der Waals surface area contributed by atoms with Gasteiger partial charge >= 0.3 is 5.97 Å². The minimum atomic E-state index is -1.07. The fourth-order valence-electron chi connectivity index (χ4n) is 2.93. The number of benzene rings is 1. The lowest BCUT2D eigenvalue weighted by Crippen LogP contribution is -2.37. The van der Waals surface area contributed by atoms with Gasteiger partial charge in [0.05, 0.1) is 36.2 Å². The third-order valence-corrected chi connectivity index (χ3v) is 5.05. The van der Waals surface area contributed by atoms with Gasteiger partial charge in [0.25, 0.3) is 0 Å². The molecule has 32 heavy (non-hydrogen) atoms. The van der Waals surface area contributed by atoms with Crippen molar-refractivity contribution in [1.29, 1.82) is 0 Å². The summed E-state index contributed by atoms with van der Waals surface area (Å²) in [6.07, 6.45) is 6.37. The van der Waals surface area contributed by atoms with Gasteiger partial charge in [-0.2, -0.15) is 10.1 Å². The molecule has 3 rings (SSSR count). The summed E-state index contributed by atoms with van der Waals surface area (Å²) in [6, 6.07) is 4.86. The summed E-state index contributed by atoms with van der Waals surface area (Å²) < 4.78 is 19.4. The SMILES string of the molecule is CC(/C=N\Nc1ncc(F)c(N2CCOCC2)n1)=C\C=C(/C)c1ccc(Cl)c(C(=O)O)c1. The van der Waals surface area contributed by atoms with Gasteiger partial charge in [0.2, 0.25) is 5.95 Å². The number of aromatic carboxylic acids is 1. The van der Waals surface area contributed by atoms with Crippen molar-refractivity contribution in [2.24, 2.45) is 5.10 Å². The van der Waals surface area contributed by atoms with Crippen molar-refractivity contribution in [3.8, 4) is 0 Å². The topological polar surface area (TPSA) is 99.9 Å². The number of aromatic nitrogens is 2. The summed E-state index contributed by atoms with van der Waals surface area (Å²) in [6.45, 7) is 5.89. The predicted octanol–water partition coefficient (Wildman–Crippen LogP) is 4.25. The Hall–Kier alpha value is -3.30. The van der Waals surface area contributed by atoms with Crippen molar-refractivity contribution in [1.82, 2.24) is 9.97 Å². The summed E-state index contributed by atoms with van der Waals surface area (Å²) >= 11 is 5.92. The van der Waals surface area contributed by atoms with Crippen LogP contribution in [-0.4, -0.2) is 53.6 Å². The molecule has 1 aliphatic heterocycles. The highest BCUT2D eigenvalue weighted by atomic mass is 35.5. The monoisotopic (exact) mass is 459 g/mol. The number of morpholine rings is 1. The number of carboxylic acids is 1. The molecule has 0 spiro atoms. The molecule has 2 heterocycles. The third kappa shape index (κ3) is 6.12. The summed E-state index contributed by atoms with van der Waals surface area (Å²) in [5, 5.41) is 13.5. The van der Waals surface area contributed by atoms with Gasteiger partial charge in [0, 0.05) is 13.1 Å². The van der Waals surface area contributed by atoms with E-state index in [1.54, 1.807) is 23.2 Å². The zero-order valence-electron chi connectivity index (χ0n) is 17.7. The van der Waals surface area contributed by atoms with Crippen LogP contribution in [0.4, 0.5) is 16.2 Å². The Morgan fingerprint density at radius 3 is 2.78 bits per heavy atom. The Morgan fingerprint density at radius 2 is 2.06 bits per heavy atom. The normalized spacial score (nSPS) is 15.3. The van der Waals surface area contributed by atoms with Crippen molar-refractivity contribution in [2.75, 3.05) is 36.6 Å². The number of anilines is 2. The zero-order chi connectivity index (χ0) is 23.1. The molecule has 2 N–H and O–H groups in total. The van der Waals surface area contributed by atoms with Crippen LogP contribution in [0.2, 0.25) is 5.02 Å². The molecular formula is C22H23ClFN5O3. The Kier molecular flexibility index (Phi) is 7.91. The molecule has 0 unspecified atom stereocenters. The van der Waals surface area contributed by atoms with E-state index in [1.807, 2.05) is 26.0 Å². The second-order valence-electron chi connectivity index (χ2n) is 7.09. The predicted molar refractivity (Wildman–Crippen MR) is 123 cm³/mol. The highest BCUT2D eigenvalue weighted by molar-refractivity contribution is 6.33. The minimum Gasteiger partial charge on any atom is -0.478 e. The first-order valence-corrected chi connectivity index (χ1v) is 10.3. The summed E-state index contributed by atoms with van der Waals surface area (Å²) in [4.78, 5) is 21.2. The number of nitrogens with one attached hydrogen (secondary N) is 1. The molecule has 1 saturated heterocycles. The van der Waals surface area contributed by atoms with Crippen LogP contribution in [0.5, 0.6) is 0 Å². The number of hydrogen-bond acceptors (Lipinski definition) is 7. The number of rotatable bonds is 7. The minimum absolute atomic E-state index is 0.0547. The molecule has 10 heteroatoms. The number of hydrogen-bond donors (Lipinski definition) is 2. The van der Waals surface area contributed by atoms with E-state index < -0.39 is 11.8 Å². The number of hydrazone groups is 1. The van der Waals surface area contributed by atoms with Crippen molar-refractivity contribution in [2.45, 2.75) is 13.8 Å². The van der Waals surface area contributed by atoms with E-state index in [1.165, 1.54) is 6.07 Å². The maximum absolute atomic E-state index is 14.1. The highest BCUT2D eigenvalue weighted by Crippen LogP contribution is 2.22. The van der Waals surface area contributed by atoms with Crippen molar-refractivity contribution >= 4 is 41.1 Å². The first-order chi connectivity index (χ1) is 15.3. The van der Waals surface area contributed by atoms with Gasteiger partial charge in [-0.1, -0.05) is 29.8 Å². The van der Waals surface area contributed by atoms with Crippen LogP contribution in [0.1, 0.15) is 29.8 Å². The molecule has 0 amide bonds. The van der Waals surface area contributed by atoms with Crippen LogP contribution in [0, 0.1) is 5.82 Å². The number of halogens is 2. The first kappa shape index (κ1) is 23.4. The van der Waals surface area contributed by atoms with Gasteiger partial charge in [-0.05, 0) is 42.7 Å². The molecule has 0 aliphatic carbocycles. The number of allylic oxidation sites excluding steroid dienone is 4. The Balaban J connectivity index is 1.65. The number of carboxylic acid groups (broad SMARTS) is 1. The molecule has 1 aromatic carbocycles. The molecule has 8 nitrogen and oxygen atoms in total. The van der Waals surface area contributed by atoms with Gasteiger partial charge in [0.15, 0.2) is 11.6 Å². The smallest absolute Gasteiger partial charge is 0.337 e. The highest BCUT2D eigenvalue weighted by Gasteiger charge is 2.17. The lowest BCUT2D eigenvalue weighted by atomic mass is 10.0. The zero-order valence-corrected chi connectivity index (χ0v) is 18.4. The molecule has 0 saturated carbocycles. The van der Waals surface area contributed by atoms with Gasteiger partial charge in [0.1, 0.15) is 0 Å². The summed E-state index contributed by atoms with van der Waals surface area (Å²) in [7, 11) is 0. The Labute approximate surface area is 190 Å². The summed E-state index contributed by atoms with van der Waals surface area (Å²) in [5.74, 6) is -1.16. The van der Waals surface area contributed by atoms with Crippen LogP contribution in [-0.2, 0) is 4.74 Å². The van der Waals surface area contributed by atoms with E-state index in [0.29, 0.717) is 26.3 Å². The third-order valence-electron chi connectivity index (χ3n) is 4.72. The molecule has 1 aliphatic rings. The molecule has 0 radical (unpaired) electrons. The lowest BCUT2D eigenvalue weighted by Gasteiger charge is -2.27. The average molecular weight is 460 g/mol. The summed E-state index contributed by atoms with van der Waals surface area (Å²) in [5.41, 5.74) is 5.20. The van der Waals surface area contributed by atoms with Gasteiger partial charge in [-0.25, -0.2) is 19.6 Å². The van der Waals surface area contributed by atoms with Gasteiger partial charge in [-0.3, -0.25) is 0 Å². The fraction of sp³-hybridized carbons (Fsp3) is 0.273. The number of ether oxygens (including phenoxy) is 1. The molecule has 0 bridgehead atoms. The van der Waals surface area contributed by atoms with E-state index >= 15 is 0 Å². The average Bonchev–Trinajstić information content (AvgIpc) is 2.79. The van der Waals surface area contributed by atoms with Gasteiger partial charge in [-0.15, -0.1) is 0 Å². The van der Waals surface area contributed by atoms with Crippen LogP contribution >= 0.6 is 11.6 Å². The molecule has 1 aromatic heterocycles. The molecule has 168 valence electrons. The van der Waals surface area contributed by atoms with E-state index in [-0.39, 0.29) is 22.4 Å². The standard InChI is InChI=1S/C22H23ClFN5O3/c1-14(3-4-15(2)16-5-6-18(23)17(11-16)21(30)31)12-26-28-22-25-13-19(24)20(27-22)29-7-9-32-10-8-29/h3-6,11-13H,7-10H2,1-2H3,(H,30,31)(H,25,27,28)/b14-3+,15-4+,26-12-. The number of carbonyl (C=O) groups is 1. The molecule has 0 atom stereocenters. The Bertz CT molecular complexity index is 1080. The van der Waals surface area contributed by atoms with Crippen LogP contribution in [0.3, 0.4) is 0 Å².